The number of carbonyl (C=O) groups is 5. The number of nitrogens with zero attached hydrogens (tertiary/aromatic N) is 7. The molecule has 19 nitrogen and oxygen atoms in total. The lowest BCUT2D eigenvalue weighted by atomic mass is 9.66. The molecule has 9 rings (SSSR count). The SMILES string of the molecule is Cc1sc2c(c1C)C(c1ccc(Cl)cc1)=N[C@@H](CC(=O)NCCC(=O)NCCOC/C(=C(/N)COc1ccc(Cl)c3c1C(CN1CC4(CC4)CC1=O)N(C(=O)C1CCCC[C@]1(C)C(=O)O)CC3)N(C)N)c1nnc(C)n1-2. The predicted molar refractivity (Wildman–Crippen MR) is 288 cm³/mol. The number of carboxylic acids is 1. The first-order chi connectivity index (χ1) is 36.3. The van der Waals surface area contributed by atoms with Crippen LogP contribution >= 0.6 is 34.5 Å². The van der Waals surface area contributed by atoms with Crippen LogP contribution < -0.4 is 26.9 Å². The molecule has 22 heteroatoms. The lowest BCUT2D eigenvalue weighted by Gasteiger charge is -2.45. The van der Waals surface area contributed by atoms with Crippen molar-refractivity contribution in [2.75, 3.05) is 59.6 Å². The number of carboxylic acid groups (broad SMARTS) is 1. The van der Waals surface area contributed by atoms with E-state index in [1.54, 1.807) is 42.3 Å². The van der Waals surface area contributed by atoms with Gasteiger partial charge >= 0.3 is 5.97 Å². The molecule has 3 aliphatic heterocycles. The van der Waals surface area contributed by atoms with Crippen LogP contribution in [0.1, 0.15) is 121 Å². The van der Waals surface area contributed by atoms with Gasteiger partial charge in [0.05, 0.1) is 54.1 Å². The van der Waals surface area contributed by atoms with E-state index in [1.807, 2.05) is 40.7 Å². The van der Waals surface area contributed by atoms with Crippen molar-refractivity contribution in [3.05, 3.63) is 102 Å². The van der Waals surface area contributed by atoms with Crippen LogP contribution in [-0.2, 0) is 35.1 Å². The molecule has 5 aliphatic rings. The highest BCUT2D eigenvalue weighted by Crippen LogP contribution is 2.54. The third-order valence-electron chi connectivity index (χ3n) is 16.0. The lowest BCUT2D eigenvalue weighted by molar-refractivity contribution is -0.162. The molecule has 0 bridgehead atoms. The molecule has 4 amide bonds. The minimum Gasteiger partial charge on any atom is -0.487 e. The second-order valence-electron chi connectivity index (χ2n) is 21.2. The summed E-state index contributed by atoms with van der Waals surface area (Å²) in [5.74, 6) is 5.43. The maximum absolute atomic E-state index is 14.7. The summed E-state index contributed by atoms with van der Waals surface area (Å²) in [4.78, 5) is 77.2. The van der Waals surface area contributed by atoms with Crippen LogP contribution in [0, 0.1) is 37.5 Å². The predicted octanol–water partition coefficient (Wildman–Crippen LogP) is 6.26. The van der Waals surface area contributed by atoms with Gasteiger partial charge in [-0.2, -0.15) is 0 Å². The second-order valence-corrected chi connectivity index (χ2v) is 23.2. The Kier molecular flexibility index (Phi) is 16.2. The molecule has 1 saturated heterocycles. The number of aromatic nitrogens is 3. The molecule has 76 heavy (non-hydrogen) atoms. The van der Waals surface area contributed by atoms with Crippen LogP contribution in [0.5, 0.6) is 5.75 Å². The molecular weight excluding hydrogens is 1030 g/mol. The molecular formula is C54H67Cl2N11O8S. The van der Waals surface area contributed by atoms with E-state index in [9.17, 15) is 29.1 Å². The highest BCUT2D eigenvalue weighted by Gasteiger charge is 2.54. The third kappa shape index (κ3) is 11.2. The van der Waals surface area contributed by atoms with Gasteiger partial charge in [-0.25, -0.2) is 5.84 Å². The number of hydrogen-bond donors (Lipinski definition) is 5. The minimum atomic E-state index is -1.22. The van der Waals surface area contributed by atoms with Gasteiger partial charge in [0.2, 0.25) is 23.6 Å². The summed E-state index contributed by atoms with van der Waals surface area (Å²) in [6.45, 7) is 9.08. The number of hydrogen-bond acceptors (Lipinski definition) is 14. The highest BCUT2D eigenvalue weighted by atomic mass is 35.5. The van der Waals surface area contributed by atoms with Gasteiger partial charge in [0.15, 0.2) is 5.82 Å². The first kappa shape index (κ1) is 54.7. The Labute approximate surface area is 456 Å². The third-order valence-corrected chi connectivity index (χ3v) is 17.8. The number of likely N-dealkylation sites (tertiary alicyclic amines) is 1. The zero-order valence-corrected chi connectivity index (χ0v) is 46.0. The summed E-state index contributed by atoms with van der Waals surface area (Å²) in [5.41, 5.74) is 11.2. The van der Waals surface area contributed by atoms with Crippen LogP contribution in [0.3, 0.4) is 0 Å². The molecule has 2 saturated carbocycles. The van der Waals surface area contributed by atoms with E-state index in [0.717, 1.165) is 63.5 Å². The number of aliphatic carboxylic acids is 1. The standard InChI is InChI=1S/C54H67Cl2N11O8S/c1-30-31(2)76-51-46(30)48(33-9-11-34(55)12-10-33)61-39(49-63-62-32(3)67(49)51)24-44(69)59-20-15-43(68)60-21-23-74-28-41(64(5)58)38(57)27-75-42-14-13-37(56)35-16-22-66(50(71)36-8-6-7-17-53(36,4)52(72)73)40(47(35)42)26-65-29-54(18-19-54)25-45(65)70/h9-14,36,39-40H,6-8,15-29,57-58H2,1-5H3,(H,59,69)(H,60,68)(H,72,73)/b41-38-/t36?,39-,40?,53-/m0/s1. The number of nitrogens with one attached hydrogen (secondary N) is 2. The number of aryl methyl sites for hydroxylation is 2. The topological polar surface area (TPSA) is 253 Å². The summed E-state index contributed by atoms with van der Waals surface area (Å²) in [5, 5.41) is 28.3. The Hall–Kier alpha value is -6.06. The molecule has 2 unspecified atom stereocenters. The van der Waals surface area contributed by atoms with Crippen molar-refractivity contribution in [3.8, 4) is 10.8 Å². The van der Waals surface area contributed by atoms with Crippen LogP contribution in [0.15, 0.2) is 52.8 Å². The van der Waals surface area contributed by atoms with E-state index < -0.39 is 29.4 Å². The van der Waals surface area contributed by atoms with Crippen LogP contribution in [0.25, 0.3) is 5.00 Å². The van der Waals surface area contributed by atoms with Gasteiger partial charge in [-0.15, -0.1) is 21.5 Å². The molecule has 3 fully saturated rings. The molecule has 4 atom stereocenters. The fraction of sp³-hybridized carbons (Fsp3) is 0.519. The van der Waals surface area contributed by atoms with E-state index in [2.05, 4.69) is 34.7 Å². The van der Waals surface area contributed by atoms with Crippen molar-refractivity contribution in [3.63, 3.8) is 0 Å². The number of thiophene rings is 1. The number of rotatable bonds is 19. The molecule has 2 aliphatic carbocycles. The summed E-state index contributed by atoms with van der Waals surface area (Å²) in [7, 11) is 1.62. The smallest absolute Gasteiger partial charge is 0.310 e. The number of halogens is 2. The molecule has 2 aromatic heterocycles. The number of hydrazine groups is 1. The minimum absolute atomic E-state index is 0.0103. The van der Waals surface area contributed by atoms with Gasteiger partial charge in [-0.05, 0) is 101 Å². The van der Waals surface area contributed by atoms with Crippen LogP contribution in [0.4, 0.5) is 0 Å². The highest BCUT2D eigenvalue weighted by molar-refractivity contribution is 7.15. The number of amides is 4. The summed E-state index contributed by atoms with van der Waals surface area (Å²) in [6, 6.07) is 9.66. The van der Waals surface area contributed by atoms with Crippen LogP contribution in [-0.4, -0.2) is 130 Å². The Bertz CT molecular complexity index is 2990. The Morgan fingerprint density at radius 3 is 2.45 bits per heavy atom. The van der Waals surface area contributed by atoms with Crippen LogP contribution in [0.2, 0.25) is 10.0 Å². The van der Waals surface area contributed by atoms with Gasteiger partial charge in [-0.3, -0.25) is 33.5 Å². The monoisotopic (exact) mass is 1100 g/mol. The molecule has 1 spiro atoms. The zero-order valence-electron chi connectivity index (χ0n) is 43.7. The number of likely N-dealkylation sites (N-methyl/N-ethyl adjacent to an activating group) is 1. The number of nitrogens with two attached hydrogens (primary N) is 2. The van der Waals surface area contributed by atoms with Crippen molar-refractivity contribution in [2.24, 2.45) is 33.3 Å². The van der Waals surface area contributed by atoms with Gasteiger partial charge in [0.1, 0.15) is 29.2 Å². The number of fused-ring (bicyclic) bond motifs is 4. The van der Waals surface area contributed by atoms with Crippen molar-refractivity contribution in [1.29, 1.82) is 0 Å². The van der Waals surface area contributed by atoms with Crippen molar-refractivity contribution < 1.29 is 38.6 Å². The Morgan fingerprint density at radius 2 is 1.74 bits per heavy atom. The van der Waals surface area contributed by atoms with E-state index >= 15 is 0 Å². The largest absolute Gasteiger partial charge is 0.487 e. The van der Waals surface area contributed by atoms with Crippen molar-refractivity contribution in [1.82, 2.24) is 40.2 Å². The Morgan fingerprint density at radius 1 is 0.987 bits per heavy atom. The first-order valence-electron chi connectivity index (χ1n) is 26.0. The fourth-order valence-corrected chi connectivity index (χ4v) is 12.9. The average molecular weight is 1100 g/mol. The number of benzene rings is 2. The number of carbonyl (C=O) groups excluding carboxylic acids is 4. The van der Waals surface area contributed by atoms with Gasteiger partial charge in [-0.1, -0.05) is 48.2 Å². The maximum atomic E-state index is 14.7. The number of ether oxygens (including phenoxy) is 2. The molecule has 5 heterocycles. The summed E-state index contributed by atoms with van der Waals surface area (Å²) < 4.78 is 14.4. The first-order valence-corrected chi connectivity index (χ1v) is 27.6. The fourth-order valence-electron chi connectivity index (χ4n) is 11.3. The zero-order chi connectivity index (χ0) is 54.2. The molecule has 406 valence electrons. The lowest BCUT2D eigenvalue weighted by Crippen LogP contribution is -2.52. The quantitative estimate of drug-likeness (QED) is 0.0396. The van der Waals surface area contributed by atoms with E-state index in [0.29, 0.717) is 77.5 Å². The average Bonchev–Trinajstić information content (AvgIpc) is 3.83. The van der Waals surface area contributed by atoms with E-state index in [1.165, 1.54) is 5.01 Å². The summed E-state index contributed by atoms with van der Waals surface area (Å²) >= 11 is 14.8. The Balaban J connectivity index is 0.799. The number of aliphatic imine (C=N–C) groups is 1. The van der Waals surface area contributed by atoms with E-state index in [-0.39, 0.29) is 87.0 Å². The van der Waals surface area contributed by atoms with E-state index in [4.69, 9.17) is 49.2 Å². The summed E-state index contributed by atoms with van der Waals surface area (Å²) in [6.07, 6.45) is 5.21. The normalized spacial score (nSPS) is 21.7. The molecule has 2 aromatic carbocycles. The molecule has 0 radical (unpaired) electrons. The molecule has 7 N–H and O–H groups in total. The van der Waals surface area contributed by atoms with Crippen molar-refractivity contribution >= 4 is 69.8 Å². The van der Waals surface area contributed by atoms with Crippen molar-refractivity contribution in [2.45, 2.75) is 104 Å². The maximum Gasteiger partial charge on any atom is 0.310 e. The van der Waals surface area contributed by atoms with Gasteiger partial charge in [0, 0.05) is 84.2 Å². The van der Waals surface area contributed by atoms with Gasteiger partial charge in [0.25, 0.3) is 0 Å². The molecule has 4 aromatic rings. The second kappa shape index (κ2) is 22.5. The van der Waals surface area contributed by atoms with Gasteiger partial charge < -0.3 is 45.8 Å².